The molecule has 0 aliphatic carbocycles. The molecule has 2 rings (SSSR count). The molecule has 0 unspecified atom stereocenters. The van der Waals surface area contributed by atoms with Gasteiger partial charge in [0.05, 0.1) is 0 Å². The van der Waals surface area contributed by atoms with Crippen molar-refractivity contribution in [1.82, 2.24) is 9.55 Å². The predicted molar refractivity (Wildman–Crippen MR) is 73.7 cm³/mol. The molecule has 2 aromatic heterocycles. The minimum atomic E-state index is -0.721. The molecule has 96 valence electrons. The number of carbonyl (C=O) groups is 1. The fraction of sp³-hybridized carbons (Fsp3) is 0.154. The number of nitrogens with zero attached hydrogens (tertiary/aromatic N) is 3. The van der Waals surface area contributed by atoms with Crippen molar-refractivity contribution in [2.45, 2.75) is 13.8 Å². The lowest BCUT2D eigenvalue weighted by Crippen LogP contribution is -2.12. The van der Waals surface area contributed by atoms with Crippen molar-refractivity contribution in [3.8, 4) is 11.2 Å². The van der Waals surface area contributed by atoms with E-state index in [-0.39, 0.29) is 5.57 Å². The van der Waals surface area contributed by atoms with Gasteiger partial charge in [-0.25, -0.2) is 4.98 Å². The molecule has 0 spiro atoms. The summed E-state index contributed by atoms with van der Waals surface area (Å²) in [5.74, 6) is -0.721. The molecule has 0 saturated carbocycles. The number of amides is 1. The molecular weight excluding hydrogens is 260 g/mol. The van der Waals surface area contributed by atoms with Crippen LogP contribution in [0, 0.1) is 25.2 Å². The zero-order chi connectivity index (χ0) is 14.0. The maximum Gasteiger partial charge on any atom is 0.259 e. The summed E-state index contributed by atoms with van der Waals surface area (Å²) in [5.41, 5.74) is 7.78. The summed E-state index contributed by atoms with van der Waals surface area (Å²) < 4.78 is 1.98. The Hall–Kier alpha value is -2.39. The molecule has 1 amide bonds. The van der Waals surface area contributed by atoms with Crippen LogP contribution < -0.4 is 5.73 Å². The summed E-state index contributed by atoms with van der Waals surface area (Å²) in [7, 11) is 0. The van der Waals surface area contributed by atoms with Crippen LogP contribution in [0.2, 0.25) is 0 Å². The first kappa shape index (κ1) is 13.1. The number of carbonyl (C=O) groups excluding carboxylic acids is 1. The van der Waals surface area contributed by atoms with Crippen LogP contribution in [0.15, 0.2) is 23.2 Å². The number of nitriles is 1. The minimum Gasteiger partial charge on any atom is -0.365 e. The highest BCUT2D eigenvalue weighted by atomic mass is 32.1. The maximum absolute atomic E-state index is 11.1. The van der Waals surface area contributed by atoms with Gasteiger partial charge in [-0.05, 0) is 31.6 Å². The molecular formula is C13H12N4OS. The van der Waals surface area contributed by atoms with E-state index in [0.29, 0.717) is 0 Å². The van der Waals surface area contributed by atoms with E-state index < -0.39 is 5.91 Å². The Bertz CT molecular complexity index is 689. The lowest BCUT2D eigenvalue weighted by atomic mass is 10.1. The molecule has 2 N–H and O–H groups in total. The van der Waals surface area contributed by atoms with Crippen molar-refractivity contribution in [3.05, 3.63) is 40.2 Å². The van der Waals surface area contributed by atoms with Crippen LogP contribution in [0.4, 0.5) is 0 Å². The molecule has 0 atom stereocenters. The van der Waals surface area contributed by atoms with Crippen molar-refractivity contribution in [2.75, 3.05) is 0 Å². The summed E-state index contributed by atoms with van der Waals surface area (Å²) in [6, 6.07) is 3.70. The van der Waals surface area contributed by atoms with Crippen molar-refractivity contribution in [1.29, 1.82) is 5.26 Å². The Morgan fingerprint density at radius 2 is 2.32 bits per heavy atom. The summed E-state index contributed by atoms with van der Waals surface area (Å²) in [4.78, 5) is 15.3. The summed E-state index contributed by atoms with van der Waals surface area (Å²) >= 11 is 1.52. The SMILES string of the molecule is Cc1cc(/C=C(\C#N)C(N)=O)c(C)n1-c1nccs1. The third-order valence-corrected chi connectivity index (χ3v) is 3.52. The Morgan fingerprint density at radius 1 is 1.58 bits per heavy atom. The fourth-order valence-corrected chi connectivity index (χ4v) is 2.62. The zero-order valence-electron chi connectivity index (χ0n) is 10.5. The van der Waals surface area contributed by atoms with Gasteiger partial charge >= 0.3 is 0 Å². The summed E-state index contributed by atoms with van der Waals surface area (Å²) in [6.07, 6.45) is 3.24. The van der Waals surface area contributed by atoms with Crippen LogP contribution in [0.1, 0.15) is 17.0 Å². The number of rotatable bonds is 3. The maximum atomic E-state index is 11.1. The number of primary amides is 1. The van der Waals surface area contributed by atoms with Gasteiger partial charge in [-0.3, -0.25) is 9.36 Å². The topological polar surface area (TPSA) is 84.7 Å². The van der Waals surface area contributed by atoms with E-state index in [1.165, 1.54) is 17.4 Å². The van der Waals surface area contributed by atoms with Crippen LogP contribution in [0.3, 0.4) is 0 Å². The lowest BCUT2D eigenvalue weighted by Gasteiger charge is -2.04. The number of aromatic nitrogens is 2. The Kier molecular flexibility index (Phi) is 3.49. The van der Waals surface area contributed by atoms with E-state index in [1.54, 1.807) is 12.3 Å². The van der Waals surface area contributed by atoms with Crippen LogP contribution in [-0.4, -0.2) is 15.5 Å². The highest BCUT2D eigenvalue weighted by Gasteiger charge is 2.12. The smallest absolute Gasteiger partial charge is 0.259 e. The fourth-order valence-electron chi connectivity index (χ4n) is 1.87. The molecule has 6 heteroatoms. The highest BCUT2D eigenvalue weighted by Crippen LogP contribution is 2.23. The normalized spacial score (nSPS) is 11.3. The number of aryl methyl sites for hydroxylation is 1. The van der Waals surface area contributed by atoms with Gasteiger partial charge in [0.15, 0.2) is 5.13 Å². The molecule has 0 bridgehead atoms. The first-order valence-corrected chi connectivity index (χ1v) is 6.43. The van der Waals surface area contributed by atoms with E-state index in [2.05, 4.69) is 4.98 Å². The van der Waals surface area contributed by atoms with Gasteiger partial charge in [-0.2, -0.15) is 5.26 Å². The van der Waals surface area contributed by atoms with Crippen molar-refractivity contribution < 1.29 is 4.79 Å². The molecule has 2 heterocycles. The van der Waals surface area contributed by atoms with Gasteiger partial charge in [0.2, 0.25) is 0 Å². The summed E-state index contributed by atoms with van der Waals surface area (Å²) in [5, 5.41) is 11.6. The minimum absolute atomic E-state index is 0.0561. The molecule has 0 fully saturated rings. The van der Waals surface area contributed by atoms with Crippen LogP contribution in [0.25, 0.3) is 11.2 Å². The lowest BCUT2D eigenvalue weighted by molar-refractivity contribution is -0.114. The second-order valence-corrected chi connectivity index (χ2v) is 4.88. The monoisotopic (exact) mass is 272 g/mol. The number of hydrogen-bond donors (Lipinski definition) is 1. The Labute approximate surface area is 114 Å². The van der Waals surface area contributed by atoms with Crippen LogP contribution in [0.5, 0.6) is 0 Å². The van der Waals surface area contributed by atoms with E-state index in [0.717, 1.165) is 22.1 Å². The van der Waals surface area contributed by atoms with Crippen LogP contribution >= 0.6 is 11.3 Å². The highest BCUT2D eigenvalue weighted by molar-refractivity contribution is 7.12. The first-order chi connectivity index (χ1) is 9.04. The van der Waals surface area contributed by atoms with Crippen LogP contribution in [-0.2, 0) is 4.79 Å². The van der Waals surface area contributed by atoms with Crippen molar-refractivity contribution in [3.63, 3.8) is 0 Å². The van der Waals surface area contributed by atoms with Gasteiger partial charge in [-0.1, -0.05) is 0 Å². The van der Waals surface area contributed by atoms with E-state index >= 15 is 0 Å². The van der Waals surface area contributed by atoms with E-state index in [9.17, 15) is 4.79 Å². The largest absolute Gasteiger partial charge is 0.365 e. The molecule has 0 saturated heterocycles. The average Bonchev–Trinajstić information content (AvgIpc) is 2.95. The third kappa shape index (κ3) is 2.41. The number of hydrogen-bond acceptors (Lipinski definition) is 4. The molecule has 0 aliphatic rings. The molecule has 0 aliphatic heterocycles. The average molecular weight is 272 g/mol. The van der Waals surface area contributed by atoms with Gasteiger partial charge in [0, 0.05) is 23.0 Å². The van der Waals surface area contributed by atoms with Crippen molar-refractivity contribution in [2.24, 2.45) is 5.73 Å². The van der Waals surface area contributed by atoms with Crippen molar-refractivity contribution >= 4 is 23.3 Å². The molecule has 0 radical (unpaired) electrons. The van der Waals surface area contributed by atoms with Gasteiger partial charge in [-0.15, -0.1) is 11.3 Å². The number of nitrogens with two attached hydrogens (primary N) is 1. The first-order valence-electron chi connectivity index (χ1n) is 5.55. The van der Waals surface area contributed by atoms with Gasteiger partial charge < -0.3 is 5.73 Å². The second-order valence-electron chi connectivity index (χ2n) is 4.01. The molecule has 2 aromatic rings. The summed E-state index contributed by atoms with van der Waals surface area (Å²) in [6.45, 7) is 3.86. The van der Waals surface area contributed by atoms with Gasteiger partial charge in [0.1, 0.15) is 11.6 Å². The Morgan fingerprint density at radius 3 is 2.84 bits per heavy atom. The molecule has 5 nitrogen and oxygen atoms in total. The van der Waals surface area contributed by atoms with Gasteiger partial charge in [0.25, 0.3) is 5.91 Å². The standard InChI is InChI=1S/C13H12N4OS/c1-8-5-10(6-11(7-14)12(15)18)9(2)17(8)13-16-3-4-19-13/h3-6H,1-2H3,(H2,15,18)/b11-6+. The second kappa shape index (κ2) is 5.08. The third-order valence-electron chi connectivity index (χ3n) is 2.77. The van der Waals surface area contributed by atoms with E-state index in [4.69, 9.17) is 11.0 Å². The quantitative estimate of drug-likeness (QED) is 0.684. The molecule has 19 heavy (non-hydrogen) atoms. The van der Waals surface area contributed by atoms with E-state index in [1.807, 2.05) is 29.9 Å². The Balaban J connectivity index is 2.55. The predicted octanol–water partition coefficient (Wildman–Crippen LogP) is 1.94. The number of thiazole rings is 1. The zero-order valence-corrected chi connectivity index (χ0v) is 11.4. The molecule has 0 aromatic carbocycles.